The molecule has 0 amide bonds. The number of hydrogen-bond donors (Lipinski definition) is 0. The number of para-hydroxylation sites is 1. The largest absolute Gasteiger partial charge is 0.346 e. The van der Waals surface area contributed by atoms with Crippen molar-refractivity contribution in [2.24, 2.45) is 5.92 Å². The van der Waals surface area contributed by atoms with Crippen LogP contribution < -0.4 is 0 Å². The van der Waals surface area contributed by atoms with E-state index in [1.807, 2.05) is 12.1 Å². The van der Waals surface area contributed by atoms with Gasteiger partial charge in [-0.25, -0.2) is 0 Å². The molecule has 1 heterocycles. The molecule has 1 aliphatic rings. The Morgan fingerprint density at radius 1 is 1.11 bits per heavy atom. The molecule has 0 saturated heterocycles. The molecular weight excluding hydrogens is 242 g/mol. The van der Waals surface area contributed by atoms with Crippen molar-refractivity contribution in [2.45, 2.75) is 45.1 Å². The van der Waals surface area contributed by atoms with Crippen LogP contribution in [-0.2, 0) is 6.54 Å². The summed E-state index contributed by atoms with van der Waals surface area (Å²) in [4.78, 5) is 0. The van der Waals surface area contributed by atoms with Crippen molar-refractivity contribution >= 4 is 22.5 Å². The number of aromatic nitrogens is 1. The lowest BCUT2D eigenvalue weighted by molar-refractivity contribution is 0.325. The van der Waals surface area contributed by atoms with E-state index in [1.54, 1.807) is 0 Å². The van der Waals surface area contributed by atoms with Crippen LogP contribution in [0.1, 0.15) is 38.5 Å². The molecule has 0 aliphatic heterocycles. The van der Waals surface area contributed by atoms with E-state index in [-0.39, 0.29) is 0 Å². The van der Waals surface area contributed by atoms with Crippen LogP contribution in [-0.4, -0.2) is 4.57 Å². The summed E-state index contributed by atoms with van der Waals surface area (Å²) in [6.07, 6.45) is 10.6. The fourth-order valence-electron chi connectivity index (χ4n) is 3.20. The number of rotatable bonds is 3. The van der Waals surface area contributed by atoms with E-state index in [0.717, 1.165) is 17.5 Å². The first-order valence-electron chi connectivity index (χ1n) is 7.08. The summed E-state index contributed by atoms with van der Waals surface area (Å²) >= 11 is 6.30. The van der Waals surface area contributed by atoms with Gasteiger partial charge in [0.05, 0.1) is 10.5 Å². The van der Waals surface area contributed by atoms with Crippen LogP contribution in [0.4, 0.5) is 0 Å². The second kappa shape index (κ2) is 5.36. The van der Waals surface area contributed by atoms with Crippen LogP contribution in [0.3, 0.4) is 0 Å². The molecule has 2 aromatic rings. The van der Waals surface area contributed by atoms with Crippen molar-refractivity contribution in [3.8, 4) is 0 Å². The highest BCUT2D eigenvalue weighted by atomic mass is 35.5. The Bertz CT molecular complexity index is 523. The van der Waals surface area contributed by atoms with Gasteiger partial charge in [-0.05, 0) is 24.5 Å². The Labute approximate surface area is 114 Å². The van der Waals surface area contributed by atoms with Crippen LogP contribution in [0.5, 0.6) is 0 Å². The lowest BCUT2D eigenvalue weighted by Gasteiger charge is -2.21. The van der Waals surface area contributed by atoms with Crippen LogP contribution in [0.15, 0.2) is 30.5 Å². The summed E-state index contributed by atoms with van der Waals surface area (Å²) in [5.41, 5.74) is 1.20. The van der Waals surface area contributed by atoms with Gasteiger partial charge in [-0.3, -0.25) is 0 Å². The fourth-order valence-corrected chi connectivity index (χ4v) is 3.49. The van der Waals surface area contributed by atoms with Crippen molar-refractivity contribution in [3.05, 3.63) is 35.5 Å². The molecule has 2 heteroatoms. The van der Waals surface area contributed by atoms with Crippen molar-refractivity contribution in [2.75, 3.05) is 0 Å². The molecule has 0 bridgehead atoms. The van der Waals surface area contributed by atoms with E-state index in [9.17, 15) is 0 Å². The van der Waals surface area contributed by atoms with Gasteiger partial charge in [-0.1, -0.05) is 55.8 Å². The lowest BCUT2D eigenvalue weighted by Crippen LogP contribution is -2.09. The van der Waals surface area contributed by atoms with Crippen LogP contribution in [0.2, 0.25) is 5.02 Å². The van der Waals surface area contributed by atoms with Gasteiger partial charge >= 0.3 is 0 Å². The van der Waals surface area contributed by atoms with E-state index < -0.39 is 0 Å². The SMILES string of the molecule is Clc1cccc2ccn(CCC3CCCCC3)c12. The molecule has 0 N–H and O–H groups in total. The minimum atomic E-state index is 0.876. The van der Waals surface area contributed by atoms with Crippen molar-refractivity contribution in [3.63, 3.8) is 0 Å². The molecule has 96 valence electrons. The molecule has 1 nitrogen and oxygen atoms in total. The first-order valence-corrected chi connectivity index (χ1v) is 7.46. The number of nitrogens with zero attached hydrogens (tertiary/aromatic N) is 1. The van der Waals surface area contributed by atoms with E-state index in [1.165, 1.54) is 49.4 Å². The number of benzene rings is 1. The second-order valence-corrected chi connectivity index (χ2v) is 5.89. The average molecular weight is 262 g/mol. The number of halogens is 1. The van der Waals surface area contributed by atoms with Gasteiger partial charge in [0, 0.05) is 18.1 Å². The molecular formula is C16H20ClN. The van der Waals surface area contributed by atoms with Gasteiger partial charge in [-0.2, -0.15) is 0 Å². The summed E-state index contributed by atoms with van der Waals surface area (Å²) in [5.74, 6) is 0.929. The van der Waals surface area contributed by atoms with Gasteiger partial charge in [-0.15, -0.1) is 0 Å². The van der Waals surface area contributed by atoms with Crippen molar-refractivity contribution in [1.82, 2.24) is 4.57 Å². The normalized spacial score (nSPS) is 17.4. The monoisotopic (exact) mass is 261 g/mol. The third kappa shape index (κ3) is 2.42. The second-order valence-electron chi connectivity index (χ2n) is 5.48. The van der Waals surface area contributed by atoms with Gasteiger partial charge < -0.3 is 4.57 Å². The Kier molecular flexibility index (Phi) is 3.60. The molecule has 0 radical (unpaired) electrons. The van der Waals surface area contributed by atoms with Crippen LogP contribution in [0.25, 0.3) is 10.9 Å². The van der Waals surface area contributed by atoms with E-state index >= 15 is 0 Å². The summed E-state index contributed by atoms with van der Waals surface area (Å²) in [7, 11) is 0. The Hall–Kier alpha value is -0.950. The highest BCUT2D eigenvalue weighted by Gasteiger charge is 2.14. The number of aryl methyl sites for hydroxylation is 1. The molecule has 0 spiro atoms. The number of fused-ring (bicyclic) bond motifs is 1. The smallest absolute Gasteiger partial charge is 0.0669 e. The molecule has 1 saturated carbocycles. The topological polar surface area (TPSA) is 4.93 Å². The highest BCUT2D eigenvalue weighted by Crippen LogP contribution is 2.29. The van der Waals surface area contributed by atoms with E-state index in [2.05, 4.69) is 22.9 Å². The Balaban J connectivity index is 1.74. The highest BCUT2D eigenvalue weighted by molar-refractivity contribution is 6.35. The molecule has 1 aromatic heterocycles. The number of hydrogen-bond acceptors (Lipinski definition) is 0. The van der Waals surface area contributed by atoms with Gasteiger partial charge in [0.15, 0.2) is 0 Å². The summed E-state index contributed by atoms with van der Waals surface area (Å²) < 4.78 is 2.33. The molecule has 18 heavy (non-hydrogen) atoms. The third-order valence-electron chi connectivity index (χ3n) is 4.24. The standard InChI is InChI=1S/C16H20ClN/c17-15-8-4-7-14-10-12-18(16(14)15)11-9-13-5-2-1-3-6-13/h4,7-8,10,12-13H,1-3,5-6,9,11H2. The minimum Gasteiger partial charge on any atom is -0.346 e. The lowest BCUT2D eigenvalue weighted by atomic mass is 9.87. The summed E-state index contributed by atoms with van der Waals surface area (Å²) in [6.45, 7) is 1.11. The zero-order valence-corrected chi connectivity index (χ0v) is 11.5. The summed E-state index contributed by atoms with van der Waals surface area (Å²) in [5, 5.41) is 2.13. The molecule has 0 unspecified atom stereocenters. The Morgan fingerprint density at radius 3 is 2.78 bits per heavy atom. The third-order valence-corrected chi connectivity index (χ3v) is 4.55. The Morgan fingerprint density at radius 2 is 1.94 bits per heavy atom. The summed E-state index contributed by atoms with van der Waals surface area (Å²) in [6, 6.07) is 8.32. The van der Waals surface area contributed by atoms with Crippen molar-refractivity contribution < 1.29 is 0 Å². The zero-order chi connectivity index (χ0) is 12.4. The first-order chi connectivity index (χ1) is 8.84. The first kappa shape index (κ1) is 12.1. The predicted octanol–water partition coefficient (Wildman–Crippen LogP) is 5.27. The van der Waals surface area contributed by atoms with Gasteiger partial charge in [0.25, 0.3) is 0 Å². The van der Waals surface area contributed by atoms with Gasteiger partial charge in [0.2, 0.25) is 0 Å². The fraction of sp³-hybridized carbons (Fsp3) is 0.500. The van der Waals surface area contributed by atoms with Crippen LogP contribution >= 0.6 is 11.6 Å². The van der Waals surface area contributed by atoms with Gasteiger partial charge in [0.1, 0.15) is 0 Å². The van der Waals surface area contributed by atoms with E-state index in [0.29, 0.717) is 0 Å². The molecule has 0 atom stereocenters. The maximum atomic E-state index is 6.30. The van der Waals surface area contributed by atoms with E-state index in [4.69, 9.17) is 11.6 Å². The predicted molar refractivity (Wildman–Crippen MR) is 78.1 cm³/mol. The molecule has 1 fully saturated rings. The average Bonchev–Trinajstić information content (AvgIpc) is 2.82. The quantitative estimate of drug-likeness (QED) is 0.710. The van der Waals surface area contributed by atoms with Crippen molar-refractivity contribution in [1.29, 1.82) is 0 Å². The molecule has 1 aliphatic carbocycles. The maximum Gasteiger partial charge on any atom is 0.0669 e. The minimum absolute atomic E-state index is 0.876. The van der Waals surface area contributed by atoms with Crippen LogP contribution in [0, 0.1) is 5.92 Å². The molecule has 3 rings (SSSR count). The maximum absolute atomic E-state index is 6.30. The molecule has 1 aromatic carbocycles. The zero-order valence-electron chi connectivity index (χ0n) is 10.7.